The molecule has 0 heterocycles. The summed E-state index contributed by atoms with van der Waals surface area (Å²) in [7, 11) is 0. The number of nitrogens with one attached hydrogen (secondary N) is 1. The van der Waals surface area contributed by atoms with Crippen molar-refractivity contribution < 1.29 is 76.1 Å². The molecule has 0 radical (unpaired) electrons. The molecular formula is C67H78N2O16. The van der Waals surface area contributed by atoms with Crippen molar-refractivity contribution in [2.45, 2.75) is 103 Å². The molecule has 0 spiro atoms. The number of fused-ring (bicyclic) bond motifs is 1. The molecule has 0 aliphatic heterocycles. The summed E-state index contributed by atoms with van der Waals surface area (Å²) in [6.07, 6.45) is 18.7. The number of carbonyl (C=O) groups is 6. The summed E-state index contributed by atoms with van der Waals surface area (Å²) in [4.78, 5) is 73.1. The minimum Gasteiger partial charge on any atom is -0.494 e. The van der Waals surface area contributed by atoms with Crippen LogP contribution in [-0.2, 0) is 38.1 Å². The number of benzene rings is 5. The van der Waals surface area contributed by atoms with Crippen molar-refractivity contribution >= 4 is 58.5 Å². The molecule has 0 saturated carbocycles. The normalized spacial score (nSPS) is 10.7. The smallest absolute Gasteiger partial charge is 0.343 e. The number of rotatable bonds is 43. The number of esters is 6. The van der Waals surface area contributed by atoms with E-state index < -0.39 is 35.8 Å². The molecule has 18 nitrogen and oxygen atoms in total. The van der Waals surface area contributed by atoms with E-state index in [2.05, 4.69) is 36.8 Å². The third-order valence-electron chi connectivity index (χ3n) is 12.7. The zero-order valence-corrected chi connectivity index (χ0v) is 48.4. The number of ether oxygens (including phenoxy) is 10. The predicted octanol–water partition coefficient (Wildman–Crippen LogP) is 13.4. The molecule has 0 unspecified atom stereocenters. The van der Waals surface area contributed by atoms with Gasteiger partial charge < -0.3 is 47.4 Å². The first kappa shape index (κ1) is 66.6. The van der Waals surface area contributed by atoms with E-state index in [0.29, 0.717) is 69.7 Å². The number of hydrogen-bond acceptors (Lipinski definition) is 18. The minimum atomic E-state index is -0.703. The second-order valence-electron chi connectivity index (χ2n) is 19.3. The molecule has 5 aromatic rings. The summed E-state index contributed by atoms with van der Waals surface area (Å²) in [5.41, 5.74) is 4.44. The molecule has 0 atom stereocenters. The number of carbonyl (C=O) groups excluding carboxylic acids is 6. The van der Waals surface area contributed by atoms with E-state index in [1.165, 1.54) is 18.3 Å². The Bertz CT molecular complexity index is 2990. The van der Waals surface area contributed by atoms with Crippen LogP contribution in [0.4, 0.5) is 5.69 Å². The van der Waals surface area contributed by atoms with E-state index in [1.807, 2.05) is 36.4 Å². The third kappa shape index (κ3) is 26.3. The van der Waals surface area contributed by atoms with Crippen molar-refractivity contribution in [1.29, 1.82) is 0 Å². The van der Waals surface area contributed by atoms with Gasteiger partial charge in [0.1, 0.15) is 23.0 Å². The molecule has 5 rings (SSSR count). The standard InChI is InChI=1S/C67H78N2O16/c1-5-61(70)80-41-21-13-9-17-37-76-56-32-26-50(27-33-56)66(74)84-59-47-54(49-68-69-55-31-25-53-46-58(36-30-52(53)45-55)78-39-19-11-15-23-43-82-63(72)7-3)65(60(48-59)79-40-20-12-16-24-44-83-64(73)8-4)85-67(75)51-28-34-57(35-29-51)77-38-18-10-14-22-42-81-62(71)6-2/h5-8,25-36,45-49,69H,1-4,9-24,37-44H2/b68-49+. The van der Waals surface area contributed by atoms with E-state index in [4.69, 9.17) is 47.4 Å². The molecule has 1 N–H and O–H groups in total. The van der Waals surface area contributed by atoms with Crippen LogP contribution in [0.15, 0.2) is 153 Å². The van der Waals surface area contributed by atoms with Crippen LogP contribution in [0.3, 0.4) is 0 Å². The molecule has 85 heavy (non-hydrogen) atoms. The number of hydrogen-bond donors (Lipinski definition) is 1. The summed E-state index contributed by atoms with van der Waals surface area (Å²) in [5, 5.41) is 6.43. The number of anilines is 1. The number of hydrazone groups is 1. The summed E-state index contributed by atoms with van der Waals surface area (Å²) in [6.45, 7) is 16.6. The van der Waals surface area contributed by atoms with Crippen molar-refractivity contribution in [2.75, 3.05) is 58.3 Å². The second kappa shape index (κ2) is 39.3. The van der Waals surface area contributed by atoms with E-state index in [-0.39, 0.29) is 47.2 Å². The van der Waals surface area contributed by atoms with Gasteiger partial charge in [0, 0.05) is 35.9 Å². The Morgan fingerprint density at radius 2 is 0.753 bits per heavy atom. The Morgan fingerprint density at radius 1 is 0.376 bits per heavy atom. The van der Waals surface area contributed by atoms with Crippen LogP contribution in [0.25, 0.3) is 10.8 Å². The maximum absolute atomic E-state index is 14.1. The molecule has 0 aliphatic rings. The lowest BCUT2D eigenvalue weighted by atomic mass is 10.1. The Labute approximate surface area is 497 Å². The van der Waals surface area contributed by atoms with Crippen LogP contribution in [0.1, 0.15) is 129 Å². The fourth-order valence-electron chi connectivity index (χ4n) is 8.13. The Hall–Kier alpha value is -9.19. The van der Waals surface area contributed by atoms with Crippen LogP contribution in [0, 0.1) is 0 Å². The first-order valence-corrected chi connectivity index (χ1v) is 28.8. The van der Waals surface area contributed by atoms with Gasteiger partial charge in [-0.3, -0.25) is 5.43 Å². The van der Waals surface area contributed by atoms with Gasteiger partial charge in [0.05, 0.1) is 75.9 Å². The largest absolute Gasteiger partial charge is 0.494 e. The van der Waals surface area contributed by atoms with Crippen molar-refractivity contribution in [1.82, 2.24) is 0 Å². The Kier molecular flexibility index (Phi) is 30.8. The third-order valence-corrected chi connectivity index (χ3v) is 12.7. The summed E-state index contributed by atoms with van der Waals surface area (Å²) >= 11 is 0. The summed E-state index contributed by atoms with van der Waals surface area (Å²) in [6, 6.07) is 27.7. The van der Waals surface area contributed by atoms with E-state index in [9.17, 15) is 28.8 Å². The quantitative estimate of drug-likeness (QED) is 0.00729. The molecule has 0 aliphatic carbocycles. The molecule has 0 saturated heterocycles. The zero-order chi connectivity index (χ0) is 60.7. The zero-order valence-electron chi connectivity index (χ0n) is 48.4. The first-order chi connectivity index (χ1) is 41.5. The van der Waals surface area contributed by atoms with Crippen LogP contribution < -0.4 is 33.8 Å². The van der Waals surface area contributed by atoms with Crippen molar-refractivity contribution in [2.24, 2.45) is 5.10 Å². The lowest BCUT2D eigenvalue weighted by Gasteiger charge is -2.16. The second-order valence-corrected chi connectivity index (χ2v) is 19.3. The first-order valence-electron chi connectivity index (χ1n) is 28.8. The Balaban J connectivity index is 1.32. The van der Waals surface area contributed by atoms with Crippen LogP contribution in [-0.4, -0.2) is 94.9 Å². The summed E-state index contributed by atoms with van der Waals surface area (Å²) < 4.78 is 56.6. The highest BCUT2D eigenvalue weighted by molar-refractivity contribution is 5.96. The van der Waals surface area contributed by atoms with Crippen LogP contribution in [0.5, 0.6) is 34.5 Å². The fraction of sp³-hybridized carbons (Fsp3) is 0.358. The monoisotopic (exact) mass is 1170 g/mol. The highest BCUT2D eigenvalue weighted by Gasteiger charge is 2.21. The lowest BCUT2D eigenvalue weighted by molar-refractivity contribution is -0.138. The van der Waals surface area contributed by atoms with Crippen molar-refractivity contribution in [3.63, 3.8) is 0 Å². The highest BCUT2D eigenvalue weighted by atomic mass is 16.6. The Morgan fingerprint density at radius 3 is 1.20 bits per heavy atom. The van der Waals surface area contributed by atoms with Gasteiger partial charge in [-0.25, -0.2) is 28.8 Å². The van der Waals surface area contributed by atoms with Gasteiger partial charge in [0.15, 0.2) is 11.5 Å². The van der Waals surface area contributed by atoms with Gasteiger partial charge in [-0.1, -0.05) is 38.4 Å². The van der Waals surface area contributed by atoms with Crippen molar-refractivity contribution in [3.8, 4) is 34.5 Å². The van der Waals surface area contributed by atoms with Gasteiger partial charge in [-0.05, 0) is 192 Å². The van der Waals surface area contributed by atoms with Crippen LogP contribution >= 0.6 is 0 Å². The fourth-order valence-corrected chi connectivity index (χ4v) is 8.13. The lowest BCUT2D eigenvalue weighted by Crippen LogP contribution is -2.13. The topological polar surface area (TPSA) is 219 Å². The molecule has 0 fully saturated rings. The molecule has 5 aromatic carbocycles. The summed E-state index contributed by atoms with van der Waals surface area (Å²) in [5.74, 6) is -1.07. The maximum atomic E-state index is 14.1. The van der Waals surface area contributed by atoms with E-state index >= 15 is 0 Å². The van der Waals surface area contributed by atoms with Crippen molar-refractivity contribution in [3.05, 3.63) is 164 Å². The molecule has 18 heteroatoms. The van der Waals surface area contributed by atoms with Gasteiger partial charge in [-0.15, -0.1) is 0 Å². The molecule has 0 bridgehead atoms. The van der Waals surface area contributed by atoms with Gasteiger partial charge in [-0.2, -0.15) is 5.10 Å². The SMILES string of the molecule is C=CC(=O)OCCCCCCOc1ccc(C(=O)Oc2cc(/C=N/Nc3ccc4cc(OCCCCCCOC(=O)C=C)ccc4c3)c(OC(=O)c3ccc(OCCCCCCOC(=O)C=C)cc3)c(OCCCCCCOC(=O)C=C)c2)cc1. The van der Waals surface area contributed by atoms with Gasteiger partial charge in [0.25, 0.3) is 0 Å². The van der Waals surface area contributed by atoms with Gasteiger partial charge >= 0.3 is 35.8 Å². The number of unbranched alkanes of at least 4 members (excludes halogenated alkanes) is 12. The molecule has 0 amide bonds. The average molecular weight is 1170 g/mol. The molecule has 452 valence electrons. The average Bonchev–Trinajstić information content (AvgIpc) is 3.71. The predicted molar refractivity (Wildman–Crippen MR) is 325 cm³/mol. The molecular weight excluding hydrogens is 1090 g/mol. The minimum absolute atomic E-state index is 0.0176. The molecule has 0 aromatic heterocycles. The van der Waals surface area contributed by atoms with E-state index in [1.54, 1.807) is 48.5 Å². The number of nitrogens with zero attached hydrogens (tertiary/aromatic N) is 1. The highest BCUT2D eigenvalue weighted by Crippen LogP contribution is 2.37. The maximum Gasteiger partial charge on any atom is 0.343 e. The van der Waals surface area contributed by atoms with Crippen LogP contribution in [0.2, 0.25) is 0 Å². The van der Waals surface area contributed by atoms with E-state index in [0.717, 1.165) is 131 Å². The van der Waals surface area contributed by atoms with Gasteiger partial charge in [0.2, 0.25) is 0 Å².